The molecule has 132 valence electrons. The van der Waals surface area contributed by atoms with E-state index in [4.69, 9.17) is 0 Å². The molecule has 2 fully saturated rings. The average molecular weight is 357 g/mol. The molecule has 0 radical (unpaired) electrons. The third-order valence-electron chi connectivity index (χ3n) is 5.29. The van der Waals surface area contributed by atoms with E-state index >= 15 is 0 Å². The number of thioether (sulfide) groups is 1. The summed E-state index contributed by atoms with van der Waals surface area (Å²) in [7, 11) is 0. The minimum atomic E-state index is -0.169. The van der Waals surface area contributed by atoms with Gasteiger partial charge in [-0.25, -0.2) is 0 Å². The number of hydrogen-bond acceptors (Lipinski definition) is 4. The molecule has 4 rings (SSSR count). The fourth-order valence-corrected chi connectivity index (χ4v) is 5.02. The summed E-state index contributed by atoms with van der Waals surface area (Å²) in [4.78, 5) is 33.0. The first-order chi connectivity index (χ1) is 12.1. The van der Waals surface area contributed by atoms with Crippen molar-refractivity contribution in [1.82, 2.24) is 14.8 Å². The Hall–Kier alpha value is -1.79. The van der Waals surface area contributed by atoms with Crippen LogP contribution in [0, 0.1) is 6.92 Å². The third kappa shape index (κ3) is 3.20. The largest absolute Gasteiger partial charge is 0.360 e. The molecule has 2 aromatic rings. The molecular weight excluding hydrogens is 334 g/mol. The second kappa shape index (κ2) is 6.84. The molecule has 0 bridgehead atoms. The quantitative estimate of drug-likeness (QED) is 0.894. The maximum atomic E-state index is 12.9. The summed E-state index contributed by atoms with van der Waals surface area (Å²) in [5.74, 6) is 2.30. The molecule has 1 amide bonds. The zero-order valence-corrected chi connectivity index (χ0v) is 15.3. The Balaban J connectivity index is 1.52. The van der Waals surface area contributed by atoms with Gasteiger partial charge in [0.25, 0.3) is 5.91 Å². The van der Waals surface area contributed by atoms with Gasteiger partial charge in [-0.15, -0.1) is 0 Å². The highest BCUT2D eigenvalue weighted by molar-refractivity contribution is 7.99. The number of H-pyrrole nitrogens is 1. The molecular formula is C19H23N3O2S. The first-order valence-corrected chi connectivity index (χ1v) is 10.0. The number of nitrogens with one attached hydrogen (secondary N) is 1. The summed E-state index contributed by atoms with van der Waals surface area (Å²) in [6.45, 7) is 5.16. The van der Waals surface area contributed by atoms with Crippen LogP contribution in [0.2, 0.25) is 0 Å². The van der Waals surface area contributed by atoms with Crippen LogP contribution in [0.15, 0.2) is 29.2 Å². The molecule has 25 heavy (non-hydrogen) atoms. The Labute approximate surface area is 151 Å². The molecule has 6 heteroatoms. The van der Waals surface area contributed by atoms with E-state index in [1.54, 1.807) is 6.20 Å². The van der Waals surface area contributed by atoms with Crippen molar-refractivity contribution >= 4 is 28.6 Å². The summed E-state index contributed by atoms with van der Waals surface area (Å²) in [5.41, 5.74) is 1.88. The number of aromatic nitrogens is 1. The molecule has 2 aliphatic rings. The summed E-state index contributed by atoms with van der Waals surface area (Å²) >= 11 is 2.02. The first-order valence-electron chi connectivity index (χ1n) is 8.86. The van der Waals surface area contributed by atoms with E-state index in [2.05, 4.69) is 9.88 Å². The lowest BCUT2D eigenvalue weighted by atomic mass is 10.1. The Kier molecular flexibility index (Phi) is 4.56. The van der Waals surface area contributed by atoms with E-state index in [1.165, 1.54) is 17.9 Å². The van der Waals surface area contributed by atoms with Crippen molar-refractivity contribution in [2.45, 2.75) is 19.4 Å². The molecule has 5 nitrogen and oxygen atoms in total. The van der Waals surface area contributed by atoms with Gasteiger partial charge in [0.1, 0.15) is 5.56 Å². The zero-order valence-electron chi connectivity index (χ0n) is 14.5. The lowest BCUT2D eigenvalue weighted by Gasteiger charge is -2.37. The third-order valence-corrected chi connectivity index (χ3v) is 6.44. The number of amides is 1. The maximum Gasteiger partial charge on any atom is 0.259 e. The normalized spacial score (nSPS) is 21.8. The predicted octanol–water partition coefficient (Wildman–Crippen LogP) is 2.10. The van der Waals surface area contributed by atoms with Gasteiger partial charge in [-0.3, -0.25) is 14.5 Å². The number of aryl methyl sites for hydroxylation is 1. The van der Waals surface area contributed by atoms with Crippen LogP contribution in [0.4, 0.5) is 0 Å². The van der Waals surface area contributed by atoms with Gasteiger partial charge < -0.3 is 9.88 Å². The number of pyridine rings is 1. The van der Waals surface area contributed by atoms with E-state index in [9.17, 15) is 9.59 Å². The Morgan fingerprint density at radius 3 is 2.76 bits per heavy atom. The van der Waals surface area contributed by atoms with Gasteiger partial charge in [0.05, 0.1) is 0 Å². The van der Waals surface area contributed by atoms with Crippen molar-refractivity contribution < 1.29 is 4.79 Å². The minimum absolute atomic E-state index is 0.148. The molecule has 0 aliphatic carbocycles. The van der Waals surface area contributed by atoms with E-state index < -0.39 is 0 Å². The number of carbonyl (C=O) groups excluding carboxylic acids is 1. The van der Waals surface area contributed by atoms with E-state index in [-0.39, 0.29) is 16.9 Å². The molecule has 1 unspecified atom stereocenters. The van der Waals surface area contributed by atoms with Crippen molar-refractivity contribution in [2.75, 3.05) is 37.7 Å². The van der Waals surface area contributed by atoms with Crippen LogP contribution >= 0.6 is 11.8 Å². The number of aromatic amines is 1. The number of rotatable bonds is 2. The van der Waals surface area contributed by atoms with Crippen molar-refractivity contribution in [3.63, 3.8) is 0 Å². The van der Waals surface area contributed by atoms with Crippen molar-refractivity contribution in [3.8, 4) is 0 Å². The Morgan fingerprint density at radius 1 is 1.24 bits per heavy atom. The van der Waals surface area contributed by atoms with Crippen molar-refractivity contribution in [1.29, 1.82) is 0 Å². The van der Waals surface area contributed by atoms with Crippen molar-refractivity contribution in [2.24, 2.45) is 0 Å². The SMILES string of the molecule is Cc1ccc2[nH]cc(C(=O)N3CCN(C4CCSC4)CC3)c(=O)c2c1. The molecule has 1 N–H and O–H groups in total. The molecule has 2 aliphatic heterocycles. The van der Waals surface area contributed by atoms with Gasteiger partial charge >= 0.3 is 0 Å². The standard InChI is InChI=1S/C19H23N3O2S/c1-13-2-3-17-15(10-13)18(23)16(11-20-17)19(24)22-7-5-21(6-8-22)14-4-9-25-12-14/h2-3,10-11,14H,4-9,12H2,1H3,(H,20,23). The van der Waals surface area contributed by atoms with Crippen LogP contribution in [-0.2, 0) is 0 Å². The lowest BCUT2D eigenvalue weighted by molar-refractivity contribution is 0.0587. The highest BCUT2D eigenvalue weighted by Gasteiger charge is 2.29. The summed E-state index contributed by atoms with van der Waals surface area (Å²) in [5, 5.41) is 0.590. The topological polar surface area (TPSA) is 56.4 Å². The van der Waals surface area contributed by atoms with Gasteiger partial charge in [0.15, 0.2) is 0 Å². The number of piperazine rings is 1. The number of fused-ring (bicyclic) bond motifs is 1. The number of nitrogens with zero attached hydrogens (tertiary/aromatic N) is 2. The van der Waals surface area contributed by atoms with Crippen LogP contribution in [-0.4, -0.2) is 64.4 Å². The van der Waals surface area contributed by atoms with Gasteiger partial charge in [-0.05, 0) is 31.2 Å². The average Bonchev–Trinajstić information content (AvgIpc) is 3.17. The van der Waals surface area contributed by atoms with Crippen LogP contribution < -0.4 is 5.43 Å². The predicted molar refractivity (Wildman–Crippen MR) is 103 cm³/mol. The molecule has 2 saturated heterocycles. The molecule has 0 spiro atoms. The highest BCUT2D eigenvalue weighted by atomic mass is 32.2. The van der Waals surface area contributed by atoms with Gasteiger partial charge in [-0.1, -0.05) is 11.6 Å². The summed E-state index contributed by atoms with van der Waals surface area (Å²) in [6.07, 6.45) is 2.82. The van der Waals surface area contributed by atoms with Gasteiger partial charge in [0, 0.05) is 55.1 Å². The Bertz CT molecular complexity index is 849. The number of carbonyl (C=O) groups is 1. The number of benzene rings is 1. The van der Waals surface area contributed by atoms with E-state index in [0.717, 1.165) is 24.2 Å². The lowest BCUT2D eigenvalue weighted by Crippen LogP contribution is -2.52. The maximum absolute atomic E-state index is 12.9. The fraction of sp³-hybridized carbons (Fsp3) is 0.474. The summed E-state index contributed by atoms with van der Waals surface area (Å²) < 4.78 is 0. The van der Waals surface area contributed by atoms with Crippen LogP contribution in [0.5, 0.6) is 0 Å². The van der Waals surface area contributed by atoms with Crippen LogP contribution in [0.3, 0.4) is 0 Å². The summed E-state index contributed by atoms with van der Waals surface area (Å²) in [6, 6.07) is 6.36. The fourth-order valence-electron chi connectivity index (χ4n) is 3.76. The van der Waals surface area contributed by atoms with E-state index in [0.29, 0.717) is 24.5 Å². The van der Waals surface area contributed by atoms with Gasteiger partial charge in [0.2, 0.25) is 5.43 Å². The highest BCUT2D eigenvalue weighted by Crippen LogP contribution is 2.23. The Morgan fingerprint density at radius 2 is 2.04 bits per heavy atom. The minimum Gasteiger partial charge on any atom is -0.360 e. The molecule has 1 atom stereocenters. The zero-order chi connectivity index (χ0) is 17.4. The van der Waals surface area contributed by atoms with Crippen molar-refractivity contribution in [3.05, 3.63) is 45.7 Å². The second-order valence-corrected chi connectivity index (χ2v) is 8.08. The van der Waals surface area contributed by atoms with Crippen LogP contribution in [0.25, 0.3) is 10.9 Å². The first kappa shape index (κ1) is 16.7. The second-order valence-electron chi connectivity index (χ2n) is 6.93. The molecule has 0 saturated carbocycles. The van der Waals surface area contributed by atoms with Gasteiger partial charge in [-0.2, -0.15) is 11.8 Å². The van der Waals surface area contributed by atoms with Crippen LogP contribution in [0.1, 0.15) is 22.3 Å². The monoisotopic (exact) mass is 357 g/mol. The molecule has 3 heterocycles. The smallest absolute Gasteiger partial charge is 0.259 e. The molecule has 1 aromatic heterocycles. The van der Waals surface area contributed by atoms with E-state index in [1.807, 2.05) is 41.8 Å². The number of hydrogen-bond donors (Lipinski definition) is 1. The molecule has 1 aromatic carbocycles.